The van der Waals surface area contributed by atoms with Crippen LogP contribution in [0.5, 0.6) is 0 Å². The molecule has 3 nitrogen and oxygen atoms in total. The van der Waals surface area contributed by atoms with Crippen LogP contribution in [0.25, 0.3) is 0 Å². The average molecular weight is 220 g/mol. The van der Waals surface area contributed by atoms with Crippen molar-refractivity contribution >= 4 is 5.91 Å². The van der Waals surface area contributed by atoms with Crippen molar-refractivity contribution < 1.29 is 4.79 Å². The summed E-state index contributed by atoms with van der Waals surface area (Å²) in [4.78, 5) is 11.6. The molecule has 16 heavy (non-hydrogen) atoms. The van der Waals surface area contributed by atoms with Crippen LogP contribution >= 0.6 is 0 Å². The Labute approximate surface area is 97.0 Å². The first-order valence-corrected chi connectivity index (χ1v) is 5.61. The third-order valence-corrected chi connectivity index (χ3v) is 2.74. The highest BCUT2D eigenvalue weighted by Gasteiger charge is 2.14. The summed E-state index contributed by atoms with van der Waals surface area (Å²) in [6, 6.07) is 8.19. The average Bonchev–Trinajstić information content (AvgIpc) is 2.28. The zero-order valence-electron chi connectivity index (χ0n) is 10.2. The van der Waals surface area contributed by atoms with Crippen LogP contribution in [0.15, 0.2) is 24.3 Å². The second-order valence-corrected chi connectivity index (χ2v) is 4.28. The summed E-state index contributed by atoms with van der Waals surface area (Å²) in [6.45, 7) is 6.24. The molecular weight excluding hydrogens is 200 g/mol. The van der Waals surface area contributed by atoms with Gasteiger partial charge >= 0.3 is 0 Å². The number of nitrogens with two attached hydrogens (primary N) is 1. The van der Waals surface area contributed by atoms with Crippen molar-refractivity contribution in [3.05, 3.63) is 35.4 Å². The van der Waals surface area contributed by atoms with Crippen molar-refractivity contribution in [1.29, 1.82) is 0 Å². The van der Waals surface area contributed by atoms with Crippen molar-refractivity contribution in [1.82, 2.24) is 5.32 Å². The number of amides is 1. The molecule has 1 aromatic carbocycles. The fourth-order valence-electron chi connectivity index (χ4n) is 1.40. The molecule has 0 heterocycles. The molecule has 0 fully saturated rings. The van der Waals surface area contributed by atoms with Crippen molar-refractivity contribution in [3.8, 4) is 0 Å². The molecule has 3 N–H and O–H groups in total. The van der Waals surface area contributed by atoms with E-state index in [2.05, 4.69) is 5.32 Å². The number of hydrogen-bond donors (Lipinski definition) is 2. The molecule has 0 saturated carbocycles. The third-order valence-electron chi connectivity index (χ3n) is 2.74. The molecule has 0 aliphatic heterocycles. The second kappa shape index (κ2) is 5.66. The maximum atomic E-state index is 11.6. The molecule has 0 saturated heterocycles. The molecule has 0 bridgehead atoms. The first-order valence-electron chi connectivity index (χ1n) is 5.61. The van der Waals surface area contributed by atoms with Gasteiger partial charge in [-0.05, 0) is 19.4 Å². The van der Waals surface area contributed by atoms with Gasteiger partial charge in [0, 0.05) is 12.5 Å². The number of aryl methyl sites for hydroxylation is 1. The van der Waals surface area contributed by atoms with Gasteiger partial charge in [-0.1, -0.05) is 36.8 Å². The zero-order chi connectivity index (χ0) is 12.1. The number of benzene rings is 1. The van der Waals surface area contributed by atoms with Gasteiger partial charge in [0.15, 0.2) is 0 Å². The minimum absolute atomic E-state index is 0.00979. The Bertz CT molecular complexity index is 345. The standard InChI is InChI=1S/C13H20N2O/c1-9-4-6-12(7-5-9)11(3)15-13(16)10(2)8-14/h4-7,10-11H,8,14H2,1-3H3,(H,15,16)/t10?,11-/m1/s1. The summed E-state index contributed by atoms with van der Waals surface area (Å²) < 4.78 is 0. The van der Waals surface area contributed by atoms with E-state index in [0.717, 1.165) is 5.56 Å². The fourth-order valence-corrected chi connectivity index (χ4v) is 1.40. The Morgan fingerprint density at radius 1 is 1.31 bits per heavy atom. The zero-order valence-corrected chi connectivity index (χ0v) is 10.2. The molecule has 1 unspecified atom stereocenters. The summed E-state index contributed by atoms with van der Waals surface area (Å²) in [6.07, 6.45) is 0. The maximum absolute atomic E-state index is 11.6. The predicted molar refractivity (Wildman–Crippen MR) is 66.0 cm³/mol. The van der Waals surface area contributed by atoms with Crippen LogP contribution in [0.1, 0.15) is 31.0 Å². The van der Waals surface area contributed by atoms with E-state index in [9.17, 15) is 4.79 Å². The van der Waals surface area contributed by atoms with Gasteiger partial charge in [0.05, 0.1) is 6.04 Å². The summed E-state index contributed by atoms with van der Waals surface area (Å²) in [5, 5.41) is 2.95. The Hall–Kier alpha value is -1.35. The summed E-state index contributed by atoms with van der Waals surface area (Å²) >= 11 is 0. The largest absolute Gasteiger partial charge is 0.349 e. The summed E-state index contributed by atoms with van der Waals surface area (Å²) in [5.74, 6) is -0.122. The predicted octanol–water partition coefficient (Wildman–Crippen LogP) is 1.77. The number of carbonyl (C=O) groups excluding carboxylic acids is 1. The minimum atomic E-state index is -0.132. The summed E-state index contributed by atoms with van der Waals surface area (Å²) in [7, 11) is 0. The van der Waals surface area contributed by atoms with Crippen LogP contribution in [0.4, 0.5) is 0 Å². The lowest BCUT2D eigenvalue weighted by Crippen LogP contribution is -2.34. The molecule has 3 heteroatoms. The van der Waals surface area contributed by atoms with Crippen LogP contribution in [0.3, 0.4) is 0 Å². The van der Waals surface area contributed by atoms with Crippen LogP contribution < -0.4 is 11.1 Å². The van der Waals surface area contributed by atoms with E-state index in [0.29, 0.717) is 6.54 Å². The minimum Gasteiger partial charge on any atom is -0.349 e. The van der Waals surface area contributed by atoms with Gasteiger partial charge in [-0.25, -0.2) is 0 Å². The molecule has 0 spiro atoms. The van der Waals surface area contributed by atoms with E-state index in [-0.39, 0.29) is 17.9 Å². The number of hydrogen-bond acceptors (Lipinski definition) is 2. The van der Waals surface area contributed by atoms with E-state index in [1.165, 1.54) is 5.56 Å². The lowest BCUT2D eigenvalue weighted by Gasteiger charge is -2.17. The van der Waals surface area contributed by atoms with Crippen LogP contribution in [0.2, 0.25) is 0 Å². The van der Waals surface area contributed by atoms with E-state index in [1.54, 1.807) is 0 Å². The monoisotopic (exact) mass is 220 g/mol. The highest BCUT2D eigenvalue weighted by atomic mass is 16.1. The molecule has 0 radical (unpaired) electrons. The van der Waals surface area contributed by atoms with Gasteiger partial charge in [0.25, 0.3) is 0 Å². The second-order valence-electron chi connectivity index (χ2n) is 4.28. The quantitative estimate of drug-likeness (QED) is 0.812. The van der Waals surface area contributed by atoms with Crippen molar-refractivity contribution in [3.63, 3.8) is 0 Å². The van der Waals surface area contributed by atoms with E-state index in [1.807, 2.05) is 45.0 Å². The lowest BCUT2D eigenvalue weighted by atomic mass is 10.1. The molecule has 0 aliphatic rings. The lowest BCUT2D eigenvalue weighted by molar-refractivity contribution is -0.124. The third kappa shape index (κ3) is 3.35. The van der Waals surface area contributed by atoms with Gasteiger partial charge in [0.2, 0.25) is 5.91 Å². The smallest absolute Gasteiger partial charge is 0.224 e. The highest BCUT2D eigenvalue weighted by molar-refractivity contribution is 5.78. The number of nitrogens with one attached hydrogen (secondary N) is 1. The van der Waals surface area contributed by atoms with Crippen molar-refractivity contribution in [2.24, 2.45) is 11.7 Å². The summed E-state index contributed by atoms with van der Waals surface area (Å²) in [5.41, 5.74) is 7.78. The van der Waals surface area contributed by atoms with Crippen LogP contribution in [-0.4, -0.2) is 12.5 Å². The number of rotatable bonds is 4. The normalized spacial score (nSPS) is 14.2. The molecule has 1 aromatic rings. The Kier molecular flexibility index (Phi) is 4.50. The van der Waals surface area contributed by atoms with Gasteiger partial charge in [-0.2, -0.15) is 0 Å². The molecule has 1 amide bonds. The highest BCUT2D eigenvalue weighted by Crippen LogP contribution is 2.13. The Morgan fingerprint density at radius 3 is 2.38 bits per heavy atom. The van der Waals surface area contributed by atoms with Gasteiger partial charge in [-0.15, -0.1) is 0 Å². The van der Waals surface area contributed by atoms with E-state index >= 15 is 0 Å². The molecule has 2 atom stereocenters. The van der Waals surface area contributed by atoms with Crippen LogP contribution in [-0.2, 0) is 4.79 Å². The van der Waals surface area contributed by atoms with Crippen molar-refractivity contribution in [2.75, 3.05) is 6.54 Å². The van der Waals surface area contributed by atoms with Crippen molar-refractivity contribution in [2.45, 2.75) is 26.8 Å². The van der Waals surface area contributed by atoms with Gasteiger partial charge < -0.3 is 11.1 Å². The molecule has 88 valence electrons. The van der Waals surface area contributed by atoms with Gasteiger partial charge in [0.1, 0.15) is 0 Å². The molecular formula is C13H20N2O. The topological polar surface area (TPSA) is 55.1 Å². The maximum Gasteiger partial charge on any atom is 0.224 e. The van der Waals surface area contributed by atoms with Gasteiger partial charge in [-0.3, -0.25) is 4.79 Å². The molecule has 0 aromatic heterocycles. The first kappa shape index (κ1) is 12.7. The number of carbonyl (C=O) groups is 1. The first-order chi connectivity index (χ1) is 7.54. The molecule has 1 rings (SSSR count). The van der Waals surface area contributed by atoms with Crippen LogP contribution in [0, 0.1) is 12.8 Å². The fraction of sp³-hybridized carbons (Fsp3) is 0.462. The SMILES string of the molecule is Cc1ccc([C@@H](C)NC(=O)C(C)CN)cc1. The van der Waals surface area contributed by atoms with E-state index < -0.39 is 0 Å². The molecule has 0 aliphatic carbocycles. The Balaban J connectivity index is 2.62. The Morgan fingerprint density at radius 2 is 1.88 bits per heavy atom. The van der Waals surface area contributed by atoms with E-state index in [4.69, 9.17) is 5.73 Å².